The number of ether oxygens (including phenoxy) is 1. The highest BCUT2D eigenvalue weighted by Crippen LogP contribution is 2.38. The van der Waals surface area contributed by atoms with Gasteiger partial charge in [0.25, 0.3) is 0 Å². The van der Waals surface area contributed by atoms with Crippen molar-refractivity contribution in [3.8, 4) is 5.75 Å². The van der Waals surface area contributed by atoms with Crippen molar-refractivity contribution in [1.82, 2.24) is 0 Å². The Morgan fingerprint density at radius 1 is 1.56 bits per heavy atom. The zero-order chi connectivity index (χ0) is 11.5. The summed E-state index contributed by atoms with van der Waals surface area (Å²) in [7, 11) is 1.61. The quantitative estimate of drug-likeness (QED) is 0.794. The predicted octanol–water partition coefficient (Wildman–Crippen LogP) is 2.21. The summed E-state index contributed by atoms with van der Waals surface area (Å²) in [6.07, 6.45) is 1.79. The van der Waals surface area contributed by atoms with Crippen LogP contribution in [-0.4, -0.2) is 23.2 Å². The summed E-state index contributed by atoms with van der Waals surface area (Å²) >= 11 is 1.83. The maximum Gasteiger partial charge on any atom is 0.120 e. The monoisotopic (exact) mass is 239 g/mol. The SMILES string of the molecule is COc1ccc(C(O)C2CCCS2)c(N)c1. The molecular formula is C12H17NO2S. The van der Waals surface area contributed by atoms with Gasteiger partial charge in [0.15, 0.2) is 0 Å². The molecule has 0 amide bonds. The third kappa shape index (κ3) is 2.28. The largest absolute Gasteiger partial charge is 0.497 e. The molecule has 1 aliphatic heterocycles. The topological polar surface area (TPSA) is 55.5 Å². The first-order valence-electron chi connectivity index (χ1n) is 5.45. The Labute approximate surface area is 100.0 Å². The van der Waals surface area contributed by atoms with Gasteiger partial charge >= 0.3 is 0 Å². The molecule has 0 bridgehead atoms. The van der Waals surface area contributed by atoms with Gasteiger partial charge in [0.2, 0.25) is 0 Å². The molecule has 1 aliphatic rings. The maximum absolute atomic E-state index is 10.2. The number of aliphatic hydroxyl groups is 1. The van der Waals surface area contributed by atoms with E-state index >= 15 is 0 Å². The molecule has 16 heavy (non-hydrogen) atoms. The summed E-state index contributed by atoms with van der Waals surface area (Å²) in [6, 6.07) is 5.46. The molecule has 0 spiro atoms. The van der Waals surface area contributed by atoms with Crippen LogP contribution in [-0.2, 0) is 0 Å². The van der Waals surface area contributed by atoms with E-state index in [2.05, 4.69) is 0 Å². The standard InChI is InChI=1S/C12H17NO2S/c1-15-8-4-5-9(10(13)7-8)12(14)11-3-2-6-16-11/h4-5,7,11-12,14H,2-3,6,13H2,1H3. The van der Waals surface area contributed by atoms with Crippen molar-refractivity contribution in [2.45, 2.75) is 24.2 Å². The molecule has 1 aromatic rings. The van der Waals surface area contributed by atoms with Crippen LogP contribution in [0.4, 0.5) is 5.69 Å². The molecule has 2 atom stereocenters. The van der Waals surface area contributed by atoms with Crippen molar-refractivity contribution in [2.75, 3.05) is 18.6 Å². The highest BCUT2D eigenvalue weighted by Gasteiger charge is 2.26. The van der Waals surface area contributed by atoms with Crippen LogP contribution in [0.15, 0.2) is 18.2 Å². The third-order valence-electron chi connectivity index (χ3n) is 2.93. The Kier molecular flexibility index (Phi) is 3.61. The summed E-state index contributed by atoms with van der Waals surface area (Å²) in [6.45, 7) is 0. The van der Waals surface area contributed by atoms with Gasteiger partial charge < -0.3 is 15.6 Å². The number of anilines is 1. The van der Waals surface area contributed by atoms with Gasteiger partial charge in [0, 0.05) is 22.6 Å². The third-order valence-corrected chi connectivity index (χ3v) is 4.38. The lowest BCUT2D eigenvalue weighted by Gasteiger charge is -2.19. The minimum absolute atomic E-state index is 0.288. The van der Waals surface area contributed by atoms with E-state index in [1.54, 1.807) is 13.2 Å². The van der Waals surface area contributed by atoms with E-state index in [0.29, 0.717) is 5.69 Å². The van der Waals surface area contributed by atoms with E-state index in [4.69, 9.17) is 10.5 Å². The molecule has 0 aromatic heterocycles. The van der Waals surface area contributed by atoms with Crippen LogP contribution in [0.25, 0.3) is 0 Å². The number of thioether (sulfide) groups is 1. The van der Waals surface area contributed by atoms with Gasteiger partial charge in [-0.25, -0.2) is 0 Å². The Morgan fingerprint density at radius 3 is 2.94 bits per heavy atom. The Balaban J connectivity index is 2.19. The van der Waals surface area contributed by atoms with Crippen molar-refractivity contribution in [3.05, 3.63) is 23.8 Å². The molecule has 3 N–H and O–H groups in total. The van der Waals surface area contributed by atoms with Crippen LogP contribution in [0.2, 0.25) is 0 Å². The second kappa shape index (κ2) is 4.97. The molecule has 2 rings (SSSR count). The zero-order valence-corrected chi connectivity index (χ0v) is 10.2. The number of rotatable bonds is 3. The summed E-state index contributed by atoms with van der Waals surface area (Å²) in [4.78, 5) is 0. The zero-order valence-electron chi connectivity index (χ0n) is 9.35. The van der Waals surface area contributed by atoms with Gasteiger partial charge in [-0.1, -0.05) is 6.07 Å². The summed E-state index contributed by atoms with van der Waals surface area (Å²) < 4.78 is 5.09. The minimum Gasteiger partial charge on any atom is -0.497 e. The predicted molar refractivity (Wildman–Crippen MR) is 67.8 cm³/mol. The van der Waals surface area contributed by atoms with Crippen molar-refractivity contribution in [3.63, 3.8) is 0 Å². The number of hydrogen-bond donors (Lipinski definition) is 2. The number of benzene rings is 1. The van der Waals surface area contributed by atoms with E-state index in [1.165, 1.54) is 6.42 Å². The Hall–Kier alpha value is -0.870. The number of hydrogen-bond acceptors (Lipinski definition) is 4. The first kappa shape index (κ1) is 11.6. The number of nitrogen functional groups attached to an aromatic ring is 1. The van der Waals surface area contributed by atoms with Crippen molar-refractivity contribution < 1.29 is 9.84 Å². The van der Waals surface area contributed by atoms with Crippen LogP contribution in [0.3, 0.4) is 0 Å². The number of aliphatic hydroxyl groups excluding tert-OH is 1. The molecule has 1 saturated heterocycles. The fraction of sp³-hybridized carbons (Fsp3) is 0.500. The normalized spacial score (nSPS) is 22.0. The first-order chi connectivity index (χ1) is 7.72. The molecule has 4 heteroatoms. The lowest BCUT2D eigenvalue weighted by atomic mass is 10.0. The summed E-state index contributed by atoms with van der Waals surface area (Å²) in [5.74, 6) is 1.87. The fourth-order valence-electron chi connectivity index (χ4n) is 2.00. The maximum atomic E-state index is 10.2. The highest BCUT2D eigenvalue weighted by molar-refractivity contribution is 8.00. The van der Waals surface area contributed by atoms with E-state index < -0.39 is 6.10 Å². The lowest BCUT2D eigenvalue weighted by Crippen LogP contribution is -2.13. The summed E-state index contributed by atoms with van der Waals surface area (Å²) in [5, 5.41) is 10.5. The van der Waals surface area contributed by atoms with Crippen LogP contribution in [0, 0.1) is 0 Å². The van der Waals surface area contributed by atoms with Crippen molar-refractivity contribution >= 4 is 17.4 Å². The molecular weight excluding hydrogens is 222 g/mol. The molecule has 3 nitrogen and oxygen atoms in total. The molecule has 0 radical (unpaired) electrons. The van der Waals surface area contributed by atoms with Crippen LogP contribution >= 0.6 is 11.8 Å². The molecule has 1 fully saturated rings. The smallest absolute Gasteiger partial charge is 0.120 e. The molecule has 1 heterocycles. The van der Waals surface area contributed by atoms with Gasteiger partial charge in [0.05, 0.1) is 13.2 Å². The number of nitrogens with two attached hydrogens (primary N) is 1. The summed E-state index contributed by atoms with van der Waals surface area (Å²) in [5.41, 5.74) is 7.35. The molecule has 0 saturated carbocycles. The lowest BCUT2D eigenvalue weighted by molar-refractivity contribution is 0.174. The minimum atomic E-state index is -0.460. The molecule has 0 aliphatic carbocycles. The molecule has 2 unspecified atom stereocenters. The Morgan fingerprint density at radius 2 is 2.38 bits per heavy atom. The second-order valence-corrected chi connectivity index (χ2v) is 5.34. The second-order valence-electron chi connectivity index (χ2n) is 3.99. The van der Waals surface area contributed by atoms with Gasteiger partial charge in [0.1, 0.15) is 5.75 Å². The fourth-order valence-corrected chi connectivity index (χ4v) is 3.30. The van der Waals surface area contributed by atoms with Crippen molar-refractivity contribution in [2.24, 2.45) is 0 Å². The number of methoxy groups -OCH3 is 1. The van der Waals surface area contributed by atoms with Gasteiger partial charge in [-0.15, -0.1) is 0 Å². The average Bonchev–Trinajstić information content (AvgIpc) is 2.81. The first-order valence-corrected chi connectivity index (χ1v) is 6.50. The van der Waals surface area contributed by atoms with Crippen LogP contribution in [0.5, 0.6) is 5.75 Å². The van der Waals surface area contributed by atoms with E-state index in [0.717, 1.165) is 23.5 Å². The Bertz CT molecular complexity index is 364. The van der Waals surface area contributed by atoms with Gasteiger partial charge in [-0.05, 0) is 24.7 Å². The molecule has 1 aromatic carbocycles. The van der Waals surface area contributed by atoms with E-state index in [9.17, 15) is 5.11 Å². The highest BCUT2D eigenvalue weighted by atomic mass is 32.2. The molecule has 88 valence electrons. The van der Waals surface area contributed by atoms with Gasteiger partial charge in [-0.3, -0.25) is 0 Å². The average molecular weight is 239 g/mol. The van der Waals surface area contributed by atoms with E-state index in [-0.39, 0.29) is 5.25 Å². The van der Waals surface area contributed by atoms with Crippen molar-refractivity contribution in [1.29, 1.82) is 0 Å². The van der Waals surface area contributed by atoms with E-state index in [1.807, 2.05) is 23.9 Å². The van der Waals surface area contributed by atoms with Crippen LogP contribution in [0.1, 0.15) is 24.5 Å². The van der Waals surface area contributed by atoms with Gasteiger partial charge in [-0.2, -0.15) is 11.8 Å². The van der Waals surface area contributed by atoms with Crippen LogP contribution < -0.4 is 10.5 Å².